The minimum Gasteiger partial charge on any atom is -0.393 e. The molecule has 1 aliphatic rings. The number of nitrogens with one attached hydrogen (secondary N) is 2. The molecule has 6 nitrogen and oxygen atoms in total. The van der Waals surface area contributed by atoms with Gasteiger partial charge in [-0.05, 0) is 12.8 Å². The number of aromatic nitrogens is 3. The fourth-order valence-corrected chi connectivity index (χ4v) is 2.31. The van der Waals surface area contributed by atoms with E-state index < -0.39 is 0 Å². The molecule has 4 N–H and O–H groups in total. The predicted molar refractivity (Wildman–Crippen MR) is 61.8 cm³/mol. The number of carbonyl (C=O) groups excluding carboxylic acids is 1. The molecular weight excluding hydrogens is 226 g/mol. The maximum absolute atomic E-state index is 11.7. The lowest BCUT2D eigenvalue weighted by Crippen LogP contribution is -2.41. The van der Waals surface area contributed by atoms with Gasteiger partial charge in [-0.15, -0.1) is 0 Å². The van der Waals surface area contributed by atoms with Gasteiger partial charge in [0.1, 0.15) is 0 Å². The van der Waals surface area contributed by atoms with Crippen molar-refractivity contribution in [2.24, 2.45) is 11.7 Å². The Balaban J connectivity index is 1.99. The van der Waals surface area contributed by atoms with Crippen molar-refractivity contribution in [3.63, 3.8) is 0 Å². The molecule has 0 radical (unpaired) electrons. The number of rotatable bonds is 3. The van der Waals surface area contributed by atoms with Crippen LogP contribution in [-0.4, -0.2) is 32.3 Å². The molecule has 1 heterocycles. The lowest BCUT2D eigenvalue weighted by Gasteiger charge is -2.19. The summed E-state index contributed by atoms with van der Waals surface area (Å²) in [6.07, 6.45) is 4.27. The highest BCUT2D eigenvalue weighted by atomic mass is 32.1. The van der Waals surface area contributed by atoms with Crippen molar-refractivity contribution in [3.05, 3.63) is 11.9 Å². The standard InChI is InChI=1S/C9H13N5OS/c10-8(16)5-2-1-3-6(5)12-9(15)7-4-11-14-13-7/h4-6H,1-3H2,(H2,10,16)(H,12,15)(H,11,13,14). The van der Waals surface area contributed by atoms with E-state index in [-0.39, 0.29) is 23.6 Å². The molecule has 1 amide bonds. The maximum Gasteiger partial charge on any atom is 0.273 e. The number of amides is 1. The van der Waals surface area contributed by atoms with Gasteiger partial charge in [0.25, 0.3) is 5.91 Å². The Morgan fingerprint density at radius 3 is 3.06 bits per heavy atom. The van der Waals surface area contributed by atoms with Crippen LogP contribution in [0, 0.1) is 5.92 Å². The summed E-state index contributed by atoms with van der Waals surface area (Å²) in [7, 11) is 0. The van der Waals surface area contributed by atoms with Crippen LogP contribution >= 0.6 is 12.2 Å². The first-order valence-corrected chi connectivity index (χ1v) is 5.55. The number of H-pyrrole nitrogens is 1. The molecule has 1 saturated carbocycles. The highest BCUT2D eigenvalue weighted by molar-refractivity contribution is 7.80. The van der Waals surface area contributed by atoms with E-state index in [2.05, 4.69) is 20.7 Å². The normalized spacial score (nSPS) is 24.2. The molecule has 2 rings (SSSR count). The molecule has 1 fully saturated rings. The van der Waals surface area contributed by atoms with Crippen molar-refractivity contribution < 1.29 is 4.79 Å². The summed E-state index contributed by atoms with van der Waals surface area (Å²) in [5, 5.41) is 12.6. The number of thiocarbonyl (C=S) groups is 1. The van der Waals surface area contributed by atoms with Crippen LogP contribution < -0.4 is 11.1 Å². The van der Waals surface area contributed by atoms with Crippen LogP contribution in [0.15, 0.2) is 6.20 Å². The number of nitrogens with two attached hydrogens (primary N) is 1. The summed E-state index contributed by atoms with van der Waals surface area (Å²) >= 11 is 4.98. The Morgan fingerprint density at radius 2 is 2.44 bits per heavy atom. The second kappa shape index (κ2) is 4.56. The average Bonchev–Trinajstić information content (AvgIpc) is 2.86. The van der Waals surface area contributed by atoms with Crippen LogP contribution in [0.4, 0.5) is 0 Å². The van der Waals surface area contributed by atoms with E-state index in [0.717, 1.165) is 19.3 Å². The van der Waals surface area contributed by atoms with Gasteiger partial charge in [-0.3, -0.25) is 4.79 Å². The fraction of sp³-hybridized carbons (Fsp3) is 0.556. The van der Waals surface area contributed by atoms with Gasteiger partial charge in [0.05, 0.1) is 11.2 Å². The number of hydrogen-bond donors (Lipinski definition) is 3. The number of nitrogens with zero attached hydrogens (tertiary/aromatic N) is 2. The first-order chi connectivity index (χ1) is 7.68. The van der Waals surface area contributed by atoms with Crippen LogP contribution in [0.2, 0.25) is 0 Å². The Bertz CT molecular complexity index is 391. The SMILES string of the molecule is NC(=S)C1CCCC1NC(=O)c1cn[nH]n1. The monoisotopic (exact) mass is 239 g/mol. The molecule has 2 unspecified atom stereocenters. The molecule has 1 aliphatic carbocycles. The highest BCUT2D eigenvalue weighted by Gasteiger charge is 2.31. The van der Waals surface area contributed by atoms with Gasteiger partial charge < -0.3 is 11.1 Å². The second-order valence-corrected chi connectivity index (χ2v) is 4.35. The van der Waals surface area contributed by atoms with E-state index in [0.29, 0.717) is 4.99 Å². The zero-order valence-electron chi connectivity index (χ0n) is 8.64. The summed E-state index contributed by atoms with van der Waals surface area (Å²) in [6.45, 7) is 0. The summed E-state index contributed by atoms with van der Waals surface area (Å²) in [6, 6.07) is 0.0294. The number of aromatic amines is 1. The first kappa shape index (κ1) is 11.0. The molecule has 0 aliphatic heterocycles. The summed E-state index contributed by atoms with van der Waals surface area (Å²) in [4.78, 5) is 12.2. The Kier molecular flexibility index (Phi) is 3.14. The third kappa shape index (κ3) is 2.19. The fourth-order valence-electron chi connectivity index (χ4n) is 2.03. The minimum atomic E-state index is -0.234. The van der Waals surface area contributed by atoms with Crippen molar-refractivity contribution in [3.8, 4) is 0 Å². The molecule has 0 bridgehead atoms. The van der Waals surface area contributed by atoms with Gasteiger partial charge >= 0.3 is 0 Å². The highest BCUT2D eigenvalue weighted by Crippen LogP contribution is 2.26. The Labute approximate surface area is 98.0 Å². The molecule has 0 saturated heterocycles. The van der Waals surface area contributed by atoms with Crippen molar-refractivity contribution >= 4 is 23.1 Å². The molecular formula is C9H13N5OS. The summed E-state index contributed by atoms with van der Waals surface area (Å²) in [5.74, 6) is -0.132. The first-order valence-electron chi connectivity index (χ1n) is 5.14. The van der Waals surface area contributed by atoms with E-state index in [1.807, 2.05) is 0 Å². The smallest absolute Gasteiger partial charge is 0.273 e. The topological polar surface area (TPSA) is 96.7 Å². The van der Waals surface area contributed by atoms with Crippen molar-refractivity contribution in [2.75, 3.05) is 0 Å². The lowest BCUT2D eigenvalue weighted by molar-refractivity contribution is 0.0928. The van der Waals surface area contributed by atoms with Crippen molar-refractivity contribution in [1.82, 2.24) is 20.7 Å². The third-order valence-corrected chi connectivity index (χ3v) is 3.15. The lowest BCUT2D eigenvalue weighted by atomic mass is 10.0. The van der Waals surface area contributed by atoms with Gasteiger partial charge in [-0.2, -0.15) is 15.4 Å². The molecule has 16 heavy (non-hydrogen) atoms. The third-order valence-electron chi connectivity index (χ3n) is 2.85. The Hall–Kier alpha value is -1.50. The van der Waals surface area contributed by atoms with Crippen LogP contribution in [0.25, 0.3) is 0 Å². The average molecular weight is 239 g/mol. The molecule has 0 spiro atoms. The van der Waals surface area contributed by atoms with Gasteiger partial charge in [-0.1, -0.05) is 18.6 Å². The van der Waals surface area contributed by atoms with E-state index in [1.165, 1.54) is 6.20 Å². The van der Waals surface area contributed by atoms with Gasteiger partial charge in [-0.25, -0.2) is 0 Å². The summed E-state index contributed by atoms with van der Waals surface area (Å²) < 4.78 is 0. The summed E-state index contributed by atoms with van der Waals surface area (Å²) in [5.41, 5.74) is 5.91. The van der Waals surface area contributed by atoms with E-state index in [1.54, 1.807) is 0 Å². The minimum absolute atomic E-state index is 0.0294. The van der Waals surface area contributed by atoms with E-state index in [9.17, 15) is 4.79 Å². The van der Waals surface area contributed by atoms with Gasteiger partial charge in [0.15, 0.2) is 5.69 Å². The van der Waals surface area contributed by atoms with Gasteiger partial charge in [0.2, 0.25) is 0 Å². The zero-order chi connectivity index (χ0) is 11.5. The zero-order valence-corrected chi connectivity index (χ0v) is 9.46. The van der Waals surface area contributed by atoms with E-state index in [4.69, 9.17) is 18.0 Å². The molecule has 0 aromatic carbocycles. The van der Waals surface area contributed by atoms with Crippen LogP contribution in [0.1, 0.15) is 29.8 Å². The van der Waals surface area contributed by atoms with Crippen LogP contribution in [0.5, 0.6) is 0 Å². The number of carbonyl (C=O) groups is 1. The quantitative estimate of drug-likeness (QED) is 0.645. The van der Waals surface area contributed by atoms with Crippen molar-refractivity contribution in [2.45, 2.75) is 25.3 Å². The second-order valence-electron chi connectivity index (χ2n) is 3.87. The molecule has 1 aromatic heterocycles. The molecule has 1 aromatic rings. The van der Waals surface area contributed by atoms with Crippen LogP contribution in [0.3, 0.4) is 0 Å². The number of hydrogen-bond acceptors (Lipinski definition) is 4. The molecule has 86 valence electrons. The largest absolute Gasteiger partial charge is 0.393 e. The van der Waals surface area contributed by atoms with Crippen LogP contribution in [-0.2, 0) is 0 Å². The molecule has 2 atom stereocenters. The maximum atomic E-state index is 11.7. The van der Waals surface area contributed by atoms with E-state index >= 15 is 0 Å². The van der Waals surface area contributed by atoms with Crippen molar-refractivity contribution in [1.29, 1.82) is 0 Å². The Morgan fingerprint density at radius 1 is 1.62 bits per heavy atom. The van der Waals surface area contributed by atoms with Gasteiger partial charge in [0, 0.05) is 12.0 Å². The predicted octanol–water partition coefficient (Wildman–Crippen LogP) is -0.0107. The molecule has 7 heteroatoms.